The fourth-order valence-electron chi connectivity index (χ4n) is 4.09. The van der Waals surface area contributed by atoms with Crippen molar-refractivity contribution in [3.8, 4) is 0 Å². The number of para-hydroxylation sites is 1. The van der Waals surface area contributed by atoms with Crippen LogP contribution in [0.2, 0.25) is 0 Å². The quantitative estimate of drug-likeness (QED) is 0.622. The minimum Gasteiger partial charge on any atom is -0.469 e. The lowest BCUT2D eigenvalue weighted by molar-refractivity contribution is -0.146. The molecule has 2 amide bonds. The first kappa shape index (κ1) is 24.9. The van der Waals surface area contributed by atoms with Crippen molar-refractivity contribution in [2.45, 2.75) is 58.3 Å². The summed E-state index contributed by atoms with van der Waals surface area (Å²) in [6.45, 7) is 9.35. The van der Waals surface area contributed by atoms with Gasteiger partial charge in [0, 0.05) is 36.0 Å². The van der Waals surface area contributed by atoms with Gasteiger partial charge in [0.05, 0.1) is 18.5 Å². The van der Waals surface area contributed by atoms with E-state index < -0.39 is 0 Å². The van der Waals surface area contributed by atoms with Gasteiger partial charge in [-0.25, -0.2) is 4.98 Å². The number of thiazole rings is 1. The topological polar surface area (TPSA) is 88.6 Å². The molecule has 1 N–H and O–H groups in total. The number of methoxy groups -OCH3 is 1. The first-order valence-electron chi connectivity index (χ1n) is 11.3. The molecule has 1 fully saturated rings. The number of aromatic nitrogens is 1. The standard InChI is InChI=1S/C25H33N3O4S/c1-16(14-21(29)32-5)24(31)28-12-10-17(11-13-28)23-27-20(15-33-23)22(30)26-19-9-7-6-8-18(19)25(2,3)4/h6-9,15-17H,10-14H2,1-5H3,(H,26,30). The summed E-state index contributed by atoms with van der Waals surface area (Å²) in [6, 6.07) is 7.84. The number of esters is 1. The molecular weight excluding hydrogens is 438 g/mol. The Morgan fingerprint density at radius 3 is 2.52 bits per heavy atom. The highest BCUT2D eigenvalue weighted by atomic mass is 32.1. The lowest BCUT2D eigenvalue weighted by Crippen LogP contribution is -2.41. The van der Waals surface area contributed by atoms with Crippen LogP contribution < -0.4 is 5.32 Å². The normalized spacial score (nSPS) is 15.7. The molecular formula is C25H33N3O4S. The minimum absolute atomic E-state index is 0.0180. The zero-order valence-electron chi connectivity index (χ0n) is 20.0. The molecule has 1 aliphatic heterocycles. The number of benzene rings is 1. The van der Waals surface area contributed by atoms with E-state index in [0.29, 0.717) is 18.8 Å². The number of likely N-dealkylation sites (tertiary alicyclic amines) is 1. The number of nitrogens with one attached hydrogen (secondary N) is 1. The number of ether oxygens (including phenoxy) is 1. The van der Waals surface area contributed by atoms with E-state index in [4.69, 9.17) is 0 Å². The number of hydrogen-bond donors (Lipinski definition) is 1. The van der Waals surface area contributed by atoms with E-state index in [-0.39, 0.29) is 41.5 Å². The Kier molecular flexibility index (Phi) is 7.89. The van der Waals surface area contributed by atoms with Gasteiger partial charge < -0.3 is 15.0 Å². The van der Waals surface area contributed by atoms with Crippen molar-refractivity contribution in [1.82, 2.24) is 9.88 Å². The van der Waals surface area contributed by atoms with Gasteiger partial charge in [-0.3, -0.25) is 14.4 Å². The van der Waals surface area contributed by atoms with Crippen molar-refractivity contribution in [2.24, 2.45) is 5.92 Å². The average molecular weight is 472 g/mol. The number of hydrogen-bond acceptors (Lipinski definition) is 6. The van der Waals surface area contributed by atoms with Crippen LogP contribution in [0.15, 0.2) is 29.6 Å². The Hall–Kier alpha value is -2.74. The van der Waals surface area contributed by atoms with Crippen molar-refractivity contribution in [3.05, 3.63) is 45.9 Å². The predicted molar refractivity (Wildman–Crippen MR) is 130 cm³/mol. The maximum Gasteiger partial charge on any atom is 0.306 e. The third-order valence-electron chi connectivity index (χ3n) is 6.02. The summed E-state index contributed by atoms with van der Waals surface area (Å²) in [5.74, 6) is -0.767. The number of carbonyl (C=O) groups is 3. The van der Waals surface area contributed by atoms with Gasteiger partial charge in [0.1, 0.15) is 5.69 Å². The van der Waals surface area contributed by atoms with Gasteiger partial charge in [0.2, 0.25) is 5.91 Å². The van der Waals surface area contributed by atoms with Gasteiger partial charge in [-0.05, 0) is 29.9 Å². The highest BCUT2D eigenvalue weighted by molar-refractivity contribution is 7.10. The van der Waals surface area contributed by atoms with Crippen molar-refractivity contribution in [2.75, 3.05) is 25.5 Å². The summed E-state index contributed by atoms with van der Waals surface area (Å²) < 4.78 is 4.67. The molecule has 1 unspecified atom stereocenters. The largest absolute Gasteiger partial charge is 0.469 e. The molecule has 8 heteroatoms. The van der Waals surface area contributed by atoms with E-state index in [9.17, 15) is 14.4 Å². The first-order valence-corrected chi connectivity index (χ1v) is 12.2. The van der Waals surface area contributed by atoms with Crippen LogP contribution in [0.4, 0.5) is 5.69 Å². The fourth-order valence-corrected chi connectivity index (χ4v) is 5.06. The van der Waals surface area contributed by atoms with Gasteiger partial charge in [-0.2, -0.15) is 0 Å². The van der Waals surface area contributed by atoms with E-state index in [1.807, 2.05) is 29.2 Å². The zero-order valence-corrected chi connectivity index (χ0v) is 20.8. The number of anilines is 1. The molecule has 0 radical (unpaired) electrons. The van der Waals surface area contributed by atoms with Gasteiger partial charge in [0.25, 0.3) is 5.91 Å². The Bertz CT molecular complexity index is 1000. The Morgan fingerprint density at radius 1 is 1.21 bits per heavy atom. The first-order chi connectivity index (χ1) is 15.6. The Balaban J connectivity index is 1.59. The maximum absolute atomic E-state index is 12.9. The van der Waals surface area contributed by atoms with Gasteiger partial charge in [-0.1, -0.05) is 45.9 Å². The van der Waals surface area contributed by atoms with E-state index >= 15 is 0 Å². The van der Waals surface area contributed by atoms with Crippen LogP contribution in [0.5, 0.6) is 0 Å². The second-order valence-corrected chi connectivity index (χ2v) is 10.5. The molecule has 0 bridgehead atoms. The molecule has 3 rings (SSSR count). The van der Waals surface area contributed by atoms with Crippen LogP contribution in [-0.2, 0) is 19.7 Å². The Morgan fingerprint density at radius 2 is 1.88 bits per heavy atom. The van der Waals surface area contributed by atoms with E-state index in [1.165, 1.54) is 18.4 Å². The van der Waals surface area contributed by atoms with Crippen LogP contribution in [0.1, 0.15) is 73.9 Å². The smallest absolute Gasteiger partial charge is 0.306 e. The molecule has 0 saturated carbocycles. The van der Waals surface area contributed by atoms with Crippen LogP contribution >= 0.6 is 11.3 Å². The molecule has 1 saturated heterocycles. The molecule has 1 atom stereocenters. The number of piperidine rings is 1. The number of nitrogens with zero attached hydrogens (tertiary/aromatic N) is 2. The van der Waals surface area contributed by atoms with Crippen molar-refractivity contribution in [1.29, 1.82) is 0 Å². The lowest BCUT2D eigenvalue weighted by atomic mass is 9.86. The van der Waals surface area contributed by atoms with Crippen molar-refractivity contribution < 1.29 is 19.1 Å². The third kappa shape index (κ3) is 6.19. The molecule has 178 valence electrons. The summed E-state index contributed by atoms with van der Waals surface area (Å²) in [5.41, 5.74) is 2.21. The zero-order chi connectivity index (χ0) is 24.2. The van der Waals surface area contributed by atoms with Crippen LogP contribution in [0, 0.1) is 5.92 Å². The number of carbonyl (C=O) groups excluding carboxylic acids is 3. The number of rotatable bonds is 6. The molecule has 0 aliphatic carbocycles. The Labute approximate surface area is 199 Å². The third-order valence-corrected chi connectivity index (χ3v) is 7.02. The molecule has 33 heavy (non-hydrogen) atoms. The summed E-state index contributed by atoms with van der Waals surface area (Å²) in [5, 5.41) is 5.75. The van der Waals surface area contributed by atoms with E-state index in [0.717, 1.165) is 29.1 Å². The van der Waals surface area contributed by atoms with Crippen LogP contribution in [-0.4, -0.2) is 47.9 Å². The van der Waals surface area contributed by atoms with Gasteiger partial charge in [-0.15, -0.1) is 11.3 Å². The molecule has 0 spiro atoms. The van der Waals surface area contributed by atoms with E-state index in [2.05, 4.69) is 35.8 Å². The van der Waals surface area contributed by atoms with E-state index in [1.54, 1.807) is 12.3 Å². The summed E-state index contributed by atoms with van der Waals surface area (Å²) in [6.07, 6.45) is 1.68. The summed E-state index contributed by atoms with van der Waals surface area (Å²) >= 11 is 1.50. The lowest BCUT2D eigenvalue weighted by Gasteiger charge is -2.32. The monoisotopic (exact) mass is 471 g/mol. The highest BCUT2D eigenvalue weighted by Gasteiger charge is 2.29. The van der Waals surface area contributed by atoms with Crippen molar-refractivity contribution in [3.63, 3.8) is 0 Å². The summed E-state index contributed by atoms with van der Waals surface area (Å²) in [7, 11) is 1.33. The second-order valence-electron chi connectivity index (χ2n) is 9.60. The number of amides is 2. The summed E-state index contributed by atoms with van der Waals surface area (Å²) in [4.78, 5) is 43.4. The SMILES string of the molecule is COC(=O)CC(C)C(=O)N1CCC(c2nc(C(=O)Nc3ccccc3C(C)(C)C)cs2)CC1. The minimum atomic E-state index is -0.389. The second kappa shape index (κ2) is 10.5. The molecule has 1 aliphatic rings. The highest BCUT2D eigenvalue weighted by Crippen LogP contribution is 2.32. The van der Waals surface area contributed by atoms with Crippen LogP contribution in [0.25, 0.3) is 0 Å². The molecule has 2 heterocycles. The average Bonchev–Trinajstić information content (AvgIpc) is 3.28. The predicted octanol–water partition coefficient (Wildman–Crippen LogP) is 4.60. The van der Waals surface area contributed by atoms with Crippen molar-refractivity contribution >= 4 is 34.8 Å². The fraction of sp³-hybridized carbons (Fsp3) is 0.520. The molecule has 7 nitrogen and oxygen atoms in total. The van der Waals surface area contributed by atoms with Gasteiger partial charge in [0.15, 0.2) is 0 Å². The molecule has 2 aromatic rings. The van der Waals surface area contributed by atoms with Crippen LogP contribution in [0.3, 0.4) is 0 Å². The molecule has 1 aromatic heterocycles. The van der Waals surface area contributed by atoms with Gasteiger partial charge >= 0.3 is 5.97 Å². The molecule has 1 aromatic carbocycles. The maximum atomic E-state index is 12.9.